The van der Waals surface area contributed by atoms with Crippen LogP contribution in [0.4, 0.5) is 5.69 Å². The topological polar surface area (TPSA) is 36.0 Å². The number of nitrogens with zero attached hydrogens (tertiary/aromatic N) is 3. The molecule has 0 saturated carbocycles. The summed E-state index contributed by atoms with van der Waals surface area (Å²) in [4.78, 5) is 20.7. The summed E-state index contributed by atoms with van der Waals surface area (Å²) in [6.45, 7) is 7.16. The number of amides is 1. The Balaban J connectivity index is 1.45. The Morgan fingerprint density at radius 2 is 1.74 bits per heavy atom. The van der Waals surface area contributed by atoms with Crippen molar-refractivity contribution in [2.45, 2.75) is 6.42 Å². The highest BCUT2D eigenvalue weighted by Crippen LogP contribution is 2.14. The number of benzene rings is 1. The van der Waals surface area contributed by atoms with Gasteiger partial charge in [-0.1, -0.05) is 24.3 Å². The molecular weight excluding hydrogens is 358 g/mol. The van der Waals surface area contributed by atoms with Crippen LogP contribution in [0.1, 0.15) is 4.88 Å². The van der Waals surface area contributed by atoms with Gasteiger partial charge < -0.3 is 14.5 Å². The molecule has 0 aliphatic carbocycles. The summed E-state index contributed by atoms with van der Waals surface area (Å²) in [5, 5.41) is 2.15. The van der Waals surface area contributed by atoms with Crippen LogP contribution >= 0.6 is 11.3 Å². The number of rotatable bonds is 9. The van der Waals surface area contributed by atoms with Crippen molar-refractivity contribution in [2.75, 3.05) is 64.4 Å². The molecule has 0 bridgehead atoms. The molecule has 1 fully saturated rings. The highest BCUT2D eigenvalue weighted by atomic mass is 32.1. The Morgan fingerprint density at radius 1 is 1.04 bits per heavy atom. The summed E-state index contributed by atoms with van der Waals surface area (Å²) < 4.78 is 5.06. The first kappa shape index (κ1) is 20.0. The summed E-state index contributed by atoms with van der Waals surface area (Å²) in [5.41, 5.74) is 0.939. The molecule has 5 nitrogen and oxygen atoms in total. The summed E-state index contributed by atoms with van der Waals surface area (Å²) in [6, 6.07) is 14.2. The zero-order valence-electron chi connectivity index (χ0n) is 16.0. The molecule has 146 valence electrons. The second-order valence-electron chi connectivity index (χ2n) is 6.83. The van der Waals surface area contributed by atoms with Crippen LogP contribution in [0.5, 0.6) is 0 Å². The number of ether oxygens (including phenoxy) is 1. The van der Waals surface area contributed by atoms with Crippen molar-refractivity contribution < 1.29 is 9.53 Å². The SMILES string of the molecule is COCC(=O)N(CCN1CCN(CCc2cccs2)CC1)c1ccccc1. The van der Waals surface area contributed by atoms with Crippen molar-refractivity contribution in [1.29, 1.82) is 0 Å². The lowest BCUT2D eigenvalue weighted by Crippen LogP contribution is -2.49. The molecule has 1 aromatic heterocycles. The number of anilines is 1. The van der Waals surface area contributed by atoms with Gasteiger partial charge in [-0.15, -0.1) is 11.3 Å². The monoisotopic (exact) mass is 387 g/mol. The molecular formula is C21H29N3O2S. The van der Waals surface area contributed by atoms with Crippen molar-refractivity contribution in [1.82, 2.24) is 9.80 Å². The first-order valence-corrected chi connectivity index (χ1v) is 10.5. The van der Waals surface area contributed by atoms with E-state index in [9.17, 15) is 4.79 Å². The quantitative estimate of drug-likeness (QED) is 0.663. The van der Waals surface area contributed by atoms with E-state index in [2.05, 4.69) is 27.3 Å². The molecule has 2 aromatic rings. The Morgan fingerprint density at radius 3 is 2.37 bits per heavy atom. The summed E-state index contributed by atoms with van der Waals surface area (Å²) >= 11 is 1.84. The van der Waals surface area contributed by atoms with Gasteiger partial charge in [-0.25, -0.2) is 0 Å². The van der Waals surface area contributed by atoms with E-state index >= 15 is 0 Å². The van der Waals surface area contributed by atoms with Gasteiger partial charge >= 0.3 is 0 Å². The summed E-state index contributed by atoms with van der Waals surface area (Å²) in [5.74, 6) is 0.0123. The molecule has 27 heavy (non-hydrogen) atoms. The van der Waals surface area contributed by atoms with Gasteiger partial charge in [0.15, 0.2) is 0 Å². The average molecular weight is 388 g/mol. The summed E-state index contributed by atoms with van der Waals surface area (Å²) in [7, 11) is 1.57. The van der Waals surface area contributed by atoms with Crippen molar-refractivity contribution in [3.63, 3.8) is 0 Å². The third-order valence-electron chi connectivity index (χ3n) is 5.00. The minimum Gasteiger partial charge on any atom is -0.375 e. The van der Waals surface area contributed by atoms with Crippen LogP contribution in [0.15, 0.2) is 47.8 Å². The molecule has 1 saturated heterocycles. The van der Waals surface area contributed by atoms with Crippen molar-refractivity contribution in [3.05, 3.63) is 52.7 Å². The van der Waals surface area contributed by atoms with Crippen LogP contribution < -0.4 is 4.90 Å². The molecule has 0 spiro atoms. The minimum atomic E-state index is 0.0123. The highest BCUT2D eigenvalue weighted by Gasteiger charge is 2.20. The van der Waals surface area contributed by atoms with Gasteiger partial charge in [-0.2, -0.15) is 0 Å². The van der Waals surface area contributed by atoms with Crippen LogP contribution in [-0.4, -0.2) is 75.2 Å². The van der Waals surface area contributed by atoms with Gasteiger partial charge in [0.25, 0.3) is 5.91 Å². The van der Waals surface area contributed by atoms with Gasteiger partial charge in [-0.3, -0.25) is 9.69 Å². The predicted molar refractivity (Wildman–Crippen MR) is 112 cm³/mol. The number of piperazine rings is 1. The van der Waals surface area contributed by atoms with E-state index < -0.39 is 0 Å². The van der Waals surface area contributed by atoms with Gasteiger partial charge in [-0.05, 0) is 30.0 Å². The van der Waals surface area contributed by atoms with Crippen molar-refractivity contribution in [2.24, 2.45) is 0 Å². The number of para-hydroxylation sites is 1. The van der Waals surface area contributed by atoms with E-state index in [0.717, 1.165) is 51.4 Å². The molecule has 0 radical (unpaired) electrons. The number of methoxy groups -OCH3 is 1. The molecule has 1 aliphatic heterocycles. The lowest BCUT2D eigenvalue weighted by atomic mass is 10.2. The van der Waals surface area contributed by atoms with Gasteiger partial charge in [0, 0.05) is 63.5 Å². The number of hydrogen-bond acceptors (Lipinski definition) is 5. The number of hydrogen-bond donors (Lipinski definition) is 0. The Kier molecular flexibility index (Phi) is 7.83. The lowest BCUT2D eigenvalue weighted by molar-refractivity contribution is -0.122. The zero-order chi connectivity index (χ0) is 18.9. The fourth-order valence-electron chi connectivity index (χ4n) is 3.41. The van der Waals surface area contributed by atoms with Crippen LogP contribution in [0.3, 0.4) is 0 Å². The van der Waals surface area contributed by atoms with Crippen LogP contribution in [0.25, 0.3) is 0 Å². The lowest BCUT2D eigenvalue weighted by Gasteiger charge is -2.35. The molecule has 6 heteroatoms. The first-order chi connectivity index (χ1) is 13.3. The molecule has 1 aromatic carbocycles. The van der Waals surface area contributed by atoms with Crippen molar-refractivity contribution >= 4 is 22.9 Å². The normalized spacial score (nSPS) is 15.7. The molecule has 0 N–H and O–H groups in total. The minimum absolute atomic E-state index is 0.0123. The van der Waals surface area contributed by atoms with E-state index in [1.807, 2.05) is 46.6 Å². The number of thiophene rings is 1. The standard InChI is InChI=1S/C21H29N3O2S/c1-26-18-21(25)24(19-6-3-2-4-7-19)16-15-23-13-11-22(12-14-23)10-9-20-8-5-17-27-20/h2-8,17H,9-16,18H2,1H3. The highest BCUT2D eigenvalue weighted by molar-refractivity contribution is 7.09. The Bertz CT molecular complexity index is 670. The summed E-state index contributed by atoms with van der Waals surface area (Å²) in [6.07, 6.45) is 1.14. The van der Waals surface area contributed by atoms with Gasteiger partial charge in [0.2, 0.25) is 0 Å². The molecule has 1 amide bonds. The Hall–Kier alpha value is -1.73. The Labute approximate surface area is 166 Å². The molecule has 0 atom stereocenters. The zero-order valence-corrected chi connectivity index (χ0v) is 16.9. The molecule has 1 aliphatic rings. The van der Waals surface area contributed by atoms with E-state index in [0.29, 0.717) is 6.54 Å². The molecule has 3 rings (SSSR count). The van der Waals surface area contributed by atoms with E-state index in [4.69, 9.17) is 4.74 Å². The maximum absolute atomic E-state index is 12.4. The van der Waals surface area contributed by atoms with E-state index in [1.54, 1.807) is 7.11 Å². The first-order valence-electron chi connectivity index (χ1n) is 9.57. The second kappa shape index (κ2) is 10.6. The molecule has 0 unspecified atom stereocenters. The van der Waals surface area contributed by atoms with Crippen molar-refractivity contribution in [3.8, 4) is 0 Å². The fraction of sp³-hybridized carbons (Fsp3) is 0.476. The molecule has 2 heterocycles. The largest absolute Gasteiger partial charge is 0.375 e. The van der Waals surface area contributed by atoms with Crippen LogP contribution in [0, 0.1) is 0 Å². The smallest absolute Gasteiger partial charge is 0.252 e. The number of carbonyl (C=O) groups excluding carboxylic acids is 1. The van der Waals surface area contributed by atoms with E-state index in [-0.39, 0.29) is 12.5 Å². The fourth-order valence-corrected chi connectivity index (χ4v) is 4.11. The predicted octanol–water partition coefficient (Wildman–Crippen LogP) is 2.59. The van der Waals surface area contributed by atoms with Crippen LogP contribution in [-0.2, 0) is 16.0 Å². The van der Waals surface area contributed by atoms with Gasteiger partial charge in [0.05, 0.1) is 0 Å². The number of carbonyl (C=O) groups is 1. The average Bonchev–Trinajstić information content (AvgIpc) is 3.22. The van der Waals surface area contributed by atoms with Crippen LogP contribution in [0.2, 0.25) is 0 Å². The maximum Gasteiger partial charge on any atom is 0.252 e. The third-order valence-corrected chi connectivity index (χ3v) is 5.93. The maximum atomic E-state index is 12.4. The third kappa shape index (κ3) is 6.14. The van der Waals surface area contributed by atoms with Gasteiger partial charge in [0.1, 0.15) is 6.61 Å². The van der Waals surface area contributed by atoms with E-state index in [1.165, 1.54) is 4.88 Å². The second-order valence-corrected chi connectivity index (χ2v) is 7.86.